The van der Waals surface area contributed by atoms with E-state index in [2.05, 4.69) is 29.4 Å². The van der Waals surface area contributed by atoms with Crippen LogP contribution < -0.4 is 15.9 Å². The highest BCUT2D eigenvalue weighted by Gasteiger charge is 2.13. The van der Waals surface area contributed by atoms with Crippen LogP contribution in [-0.4, -0.2) is 26.5 Å². The maximum atomic E-state index is 12.2. The number of aromatic nitrogens is 3. The molecule has 0 aliphatic heterocycles. The molecule has 9 heteroatoms. The summed E-state index contributed by atoms with van der Waals surface area (Å²) in [6.07, 6.45) is 0. The summed E-state index contributed by atoms with van der Waals surface area (Å²) >= 11 is 7.28. The molecular formula is C21H24ClN5O2S. The third-order valence-electron chi connectivity index (χ3n) is 4.44. The van der Waals surface area contributed by atoms with E-state index in [0.717, 1.165) is 11.3 Å². The average Bonchev–Trinajstić information content (AvgIpc) is 3.07. The van der Waals surface area contributed by atoms with Crippen molar-refractivity contribution < 1.29 is 9.53 Å². The molecule has 0 spiro atoms. The molecule has 3 aromatic rings. The molecule has 3 rings (SSSR count). The molecule has 3 N–H and O–H groups in total. The topological polar surface area (TPSA) is 95.1 Å². The van der Waals surface area contributed by atoms with Gasteiger partial charge in [0.05, 0.1) is 5.75 Å². The van der Waals surface area contributed by atoms with E-state index in [0.29, 0.717) is 27.6 Å². The number of benzene rings is 2. The number of nitrogen functional groups attached to an aromatic ring is 1. The van der Waals surface area contributed by atoms with Gasteiger partial charge in [-0.25, -0.2) is 4.68 Å². The lowest BCUT2D eigenvalue weighted by Crippen LogP contribution is -2.18. The lowest BCUT2D eigenvalue weighted by molar-refractivity contribution is -0.113. The molecule has 7 nitrogen and oxygen atoms in total. The first-order valence-electron chi connectivity index (χ1n) is 9.44. The molecule has 0 aliphatic carbocycles. The van der Waals surface area contributed by atoms with Crippen molar-refractivity contribution in [2.75, 3.05) is 16.9 Å². The number of rotatable bonds is 8. The summed E-state index contributed by atoms with van der Waals surface area (Å²) in [5.74, 6) is 7.66. The molecule has 0 aliphatic rings. The van der Waals surface area contributed by atoms with Crippen LogP contribution in [0.4, 0.5) is 5.69 Å². The van der Waals surface area contributed by atoms with Gasteiger partial charge in [0.2, 0.25) is 11.1 Å². The monoisotopic (exact) mass is 445 g/mol. The van der Waals surface area contributed by atoms with E-state index in [1.165, 1.54) is 22.0 Å². The van der Waals surface area contributed by atoms with E-state index < -0.39 is 0 Å². The average molecular weight is 446 g/mol. The van der Waals surface area contributed by atoms with E-state index in [-0.39, 0.29) is 18.3 Å². The molecule has 0 fully saturated rings. The van der Waals surface area contributed by atoms with Gasteiger partial charge < -0.3 is 15.9 Å². The zero-order valence-corrected chi connectivity index (χ0v) is 18.6. The Morgan fingerprint density at radius 2 is 1.97 bits per heavy atom. The molecule has 0 saturated heterocycles. The molecule has 0 bridgehead atoms. The molecule has 2 aromatic carbocycles. The minimum absolute atomic E-state index is 0.137. The molecule has 0 saturated carbocycles. The van der Waals surface area contributed by atoms with Crippen LogP contribution in [-0.2, 0) is 11.4 Å². The largest absolute Gasteiger partial charge is 0.486 e. The van der Waals surface area contributed by atoms with Crippen LogP contribution in [0.2, 0.25) is 5.02 Å². The smallest absolute Gasteiger partial charge is 0.234 e. The second-order valence-electron chi connectivity index (χ2n) is 7.08. The minimum Gasteiger partial charge on any atom is -0.486 e. The predicted molar refractivity (Wildman–Crippen MR) is 121 cm³/mol. The number of thioether (sulfide) groups is 1. The van der Waals surface area contributed by atoms with Gasteiger partial charge in [-0.05, 0) is 48.2 Å². The van der Waals surface area contributed by atoms with Crippen molar-refractivity contribution >= 4 is 35.0 Å². The number of carbonyl (C=O) groups is 1. The fraction of sp³-hybridized carbons (Fsp3) is 0.286. The maximum Gasteiger partial charge on any atom is 0.234 e. The lowest BCUT2D eigenvalue weighted by atomic mass is 10.0. The van der Waals surface area contributed by atoms with Crippen LogP contribution in [0.15, 0.2) is 47.6 Å². The van der Waals surface area contributed by atoms with Gasteiger partial charge in [-0.3, -0.25) is 4.79 Å². The van der Waals surface area contributed by atoms with E-state index >= 15 is 0 Å². The molecular weight excluding hydrogens is 422 g/mol. The summed E-state index contributed by atoms with van der Waals surface area (Å²) in [7, 11) is 0. The Morgan fingerprint density at radius 3 is 2.63 bits per heavy atom. The van der Waals surface area contributed by atoms with Gasteiger partial charge in [-0.1, -0.05) is 55.4 Å². The summed E-state index contributed by atoms with van der Waals surface area (Å²) < 4.78 is 7.08. The molecule has 1 heterocycles. The van der Waals surface area contributed by atoms with Gasteiger partial charge in [0.15, 0.2) is 5.82 Å². The summed E-state index contributed by atoms with van der Waals surface area (Å²) in [6, 6.07) is 13.3. The highest BCUT2D eigenvalue weighted by molar-refractivity contribution is 7.99. The number of nitrogens with two attached hydrogens (primary N) is 1. The molecule has 30 heavy (non-hydrogen) atoms. The maximum absolute atomic E-state index is 12.2. The number of hydrogen-bond acceptors (Lipinski definition) is 6. The van der Waals surface area contributed by atoms with Crippen molar-refractivity contribution in [1.82, 2.24) is 14.9 Å². The Kier molecular flexibility index (Phi) is 7.23. The molecule has 0 unspecified atom stereocenters. The molecule has 1 amide bonds. The summed E-state index contributed by atoms with van der Waals surface area (Å²) in [4.78, 5) is 12.2. The van der Waals surface area contributed by atoms with Crippen LogP contribution in [0.3, 0.4) is 0 Å². The van der Waals surface area contributed by atoms with Crippen LogP contribution in [0.1, 0.15) is 36.7 Å². The third kappa shape index (κ3) is 5.67. The van der Waals surface area contributed by atoms with Crippen molar-refractivity contribution in [2.45, 2.75) is 38.5 Å². The molecule has 0 atom stereocenters. The quantitative estimate of drug-likeness (QED) is 0.394. The van der Waals surface area contributed by atoms with E-state index in [9.17, 15) is 4.79 Å². The first kappa shape index (κ1) is 22.0. The first-order chi connectivity index (χ1) is 14.3. The Labute approximate surface area is 184 Å². The zero-order valence-electron chi connectivity index (χ0n) is 17.1. The minimum atomic E-state index is -0.189. The standard InChI is InChI=1S/C21H24ClN5O2S/c1-13(2)15-5-8-17(9-6-15)29-11-19-25-26-21(27(19)23)30-12-20(28)24-16-7-4-14(3)18(22)10-16/h4-10,13H,11-12,23H2,1-3H3,(H,24,28). The van der Waals surface area contributed by atoms with Crippen molar-refractivity contribution in [2.24, 2.45) is 0 Å². The summed E-state index contributed by atoms with van der Waals surface area (Å²) in [5, 5.41) is 11.9. The summed E-state index contributed by atoms with van der Waals surface area (Å²) in [6.45, 7) is 6.36. The second-order valence-corrected chi connectivity index (χ2v) is 8.43. The van der Waals surface area contributed by atoms with Gasteiger partial charge in [0, 0.05) is 10.7 Å². The summed E-state index contributed by atoms with van der Waals surface area (Å²) in [5.41, 5.74) is 2.84. The SMILES string of the molecule is Cc1ccc(NC(=O)CSc2nnc(COc3ccc(C(C)C)cc3)n2N)cc1Cl. The van der Waals surface area contributed by atoms with Crippen molar-refractivity contribution in [3.8, 4) is 5.75 Å². The second kappa shape index (κ2) is 9.86. The van der Waals surface area contributed by atoms with Gasteiger partial charge in [0.25, 0.3) is 0 Å². The van der Waals surface area contributed by atoms with E-state index in [1.54, 1.807) is 12.1 Å². The number of hydrogen-bond donors (Lipinski definition) is 2. The highest BCUT2D eigenvalue weighted by atomic mass is 35.5. The number of nitrogens with zero attached hydrogens (tertiary/aromatic N) is 3. The van der Waals surface area contributed by atoms with E-state index in [1.807, 2.05) is 37.3 Å². The number of halogens is 1. The number of aryl methyl sites for hydroxylation is 1. The van der Waals surface area contributed by atoms with Crippen LogP contribution in [0.25, 0.3) is 0 Å². The number of anilines is 1. The Hall–Kier alpha value is -2.71. The highest BCUT2D eigenvalue weighted by Crippen LogP contribution is 2.22. The molecule has 1 aromatic heterocycles. The Morgan fingerprint density at radius 1 is 1.23 bits per heavy atom. The Bertz CT molecular complexity index is 1020. The van der Waals surface area contributed by atoms with E-state index in [4.69, 9.17) is 22.2 Å². The van der Waals surface area contributed by atoms with Gasteiger partial charge in [-0.2, -0.15) is 0 Å². The zero-order chi connectivity index (χ0) is 21.7. The van der Waals surface area contributed by atoms with Crippen molar-refractivity contribution in [3.05, 3.63) is 64.4 Å². The molecule has 0 radical (unpaired) electrons. The van der Waals surface area contributed by atoms with Gasteiger partial charge in [0.1, 0.15) is 12.4 Å². The van der Waals surface area contributed by atoms with Gasteiger partial charge >= 0.3 is 0 Å². The lowest BCUT2D eigenvalue weighted by Gasteiger charge is -2.09. The fourth-order valence-electron chi connectivity index (χ4n) is 2.60. The van der Waals surface area contributed by atoms with Crippen molar-refractivity contribution in [1.29, 1.82) is 0 Å². The van der Waals surface area contributed by atoms with Crippen LogP contribution >= 0.6 is 23.4 Å². The number of ether oxygens (including phenoxy) is 1. The third-order valence-corrected chi connectivity index (χ3v) is 5.79. The number of carbonyl (C=O) groups excluding carboxylic acids is 1. The Balaban J connectivity index is 1.52. The van der Waals surface area contributed by atoms with Crippen LogP contribution in [0.5, 0.6) is 5.75 Å². The van der Waals surface area contributed by atoms with Crippen molar-refractivity contribution in [3.63, 3.8) is 0 Å². The van der Waals surface area contributed by atoms with Crippen LogP contribution in [0, 0.1) is 6.92 Å². The molecule has 158 valence electrons. The predicted octanol–water partition coefficient (Wildman–Crippen LogP) is 4.39. The number of nitrogens with one attached hydrogen (secondary N) is 1. The number of amides is 1. The fourth-order valence-corrected chi connectivity index (χ4v) is 3.45. The normalized spacial score (nSPS) is 11.0. The van der Waals surface area contributed by atoms with Gasteiger partial charge in [-0.15, -0.1) is 10.2 Å². The first-order valence-corrected chi connectivity index (χ1v) is 10.8.